The zero-order chi connectivity index (χ0) is 21.2. The van der Waals surface area contributed by atoms with Crippen LogP contribution in [0.25, 0.3) is 22.5 Å². The summed E-state index contributed by atoms with van der Waals surface area (Å²) in [6.45, 7) is 2.48. The van der Waals surface area contributed by atoms with E-state index < -0.39 is 0 Å². The van der Waals surface area contributed by atoms with Crippen molar-refractivity contribution in [2.24, 2.45) is 0 Å². The van der Waals surface area contributed by atoms with Crippen LogP contribution in [0.15, 0.2) is 77.5 Å². The number of aromatic hydroxyl groups is 1. The van der Waals surface area contributed by atoms with Gasteiger partial charge in [0.2, 0.25) is 0 Å². The molecule has 156 valence electrons. The number of nitrogens with zero attached hydrogens (tertiary/aromatic N) is 2. The fourth-order valence-electron chi connectivity index (χ4n) is 3.88. The lowest BCUT2D eigenvalue weighted by molar-refractivity contribution is 0.205. The highest BCUT2D eigenvalue weighted by atomic mass is 35.5. The fraction of sp³-hybridized carbons (Fsp3) is 0.160. The Morgan fingerprint density at radius 3 is 2.77 bits per heavy atom. The number of hydrogen-bond donors (Lipinski definition) is 1. The molecular weight excluding hydrogens is 412 g/mol. The van der Waals surface area contributed by atoms with Gasteiger partial charge in [-0.25, -0.2) is 0 Å². The second kappa shape index (κ2) is 8.46. The van der Waals surface area contributed by atoms with Crippen LogP contribution >= 0.6 is 11.6 Å². The third-order valence-electron chi connectivity index (χ3n) is 5.37. The molecule has 0 spiro atoms. The van der Waals surface area contributed by atoms with Gasteiger partial charge in [-0.1, -0.05) is 29.8 Å². The number of aromatic nitrogens is 1. The molecule has 5 rings (SSSR count). The molecule has 0 radical (unpaired) electrons. The Balaban J connectivity index is 1.39. The number of phenols is 1. The van der Waals surface area contributed by atoms with Crippen molar-refractivity contribution in [2.45, 2.75) is 13.1 Å². The highest BCUT2D eigenvalue weighted by Crippen LogP contribution is 2.38. The van der Waals surface area contributed by atoms with Gasteiger partial charge in [0.1, 0.15) is 18.1 Å². The van der Waals surface area contributed by atoms with Crippen molar-refractivity contribution < 1.29 is 14.3 Å². The zero-order valence-electron chi connectivity index (χ0n) is 16.8. The maximum Gasteiger partial charge on any atom is 0.165 e. The van der Waals surface area contributed by atoms with Gasteiger partial charge < -0.3 is 14.3 Å². The van der Waals surface area contributed by atoms with Gasteiger partial charge in [-0.05, 0) is 48.0 Å². The van der Waals surface area contributed by atoms with E-state index in [0.29, 0.717) is 30.5 Å². The van der Waals surface area contributed by atoms with Crippen molar-refractivity contribution in [1.82, 2.24) is 9.88 Å². The molecule has 5 nitrogen and oxygen atoms in total. The highest BCUT2D eigenvalue weighted by molar-refractivity contribution is 6.33. The first-order valence-corrected chi connectivity index (χ1v) is 10.5. The topological polar surface area (TPSA) is 58.7 Å². The number of fused-ring (bicyclic) bond motifs is 1. The molecule has 0 bridgehead atoms. The molecule has 0 saturated carbocycles. The number of pyridine rings is 1. The number of phenolic OH excluding ortho intramolecular Hbond substituents is 1. The number of rotatable bonds is 4. The van der Waals surface area contributed by atoms with Crippen molar-refractivity contribution in [2.75, 3.05) is 13.2 Å². The Labute approximate surface area is 185 Å². The van der Waals surface area contributed by atoms with E-state index in [1.165, 1.54) is 0 Å². The van der Waals surface area contributed by atoms with E-state index in [9.17, 15) is 5.11 Å². The van der Waals surface area contributed by atoms with E-state index in [-0.39, 0.29) is 5.75 Å². The lowest BCUT2D eigenvalue weighted by Crippen LogP contribution is -2.25. The Morgan fingerprint density at radius 2 is 1.94 bits per heavy atom. The summed E-state index contributed by atoms with van der Waals surface area (Å²) < 4.78 is 11.9. The Hall–Kier alpha value is -3.28. The van der Waals surface area contributed by atoms with Crippen LogP contribution in [0.1, 0.15) is 11.3 Å². The summed E-state index contributed by atoms with van der Waals surface area (Å²) in [5.41, 5.74) is 3.68. The molecule has 0 amide bonds. The van der Waals surface area contributed by atoms with E-state index in [4.69, 9.17) is 20.8 Å². The fourth-order valence-corrected chi connectivity index (χ4v) is 4.11. The molecule has 0 fully saturated rings. The monoisotopic (exact) mass is 432 g/mol. The Morgan fingerprint density at radius 1 is 1.03 bits per heavy atom. The van der Waals surface area contributed by atoms with Gasteiger partial charge in [-0.15, -0.1) is 0 Å². The molecule has 4 aromatic rings. The summed E-state index contributed by atoms with van der Waals surface area (Å²) in [6, 6.07) is 19.2. The SMILES string of the molecule is Oc1cc(-c2cccnc2)cc2c1OCCN(Cc1ccc(-c3ccccc3Cl)o1)C2. The molecule has 31 heavy (non-hydrogen) atoms. The first-order chi connectivity index (χ1) is 15.2. The van der Waals surface area contributed by atoms with Gasteiger partial charge in [0.05, 0.1) is 11.6 Å². The maximum absolute atomic E-state index is 10.6. The Bertz CT molecular complexity index is 1210. The summed E-state index contributed by atoms with van der Waals surface area (Å²) in [5, 5.41) is 11.2. The van der Waals surface area contributed by atoms with Gasteiger partial charge in [-0.2, -0.15) is 0 Å². The summed E-state index contributed by atoms with van der Waals surface area (Å²) in [7, 11) is 0. The van der Waals surface area contributed by atoms with Crippen LogP contribution in [0, 0.1) is 0 Å². The van der Waals surface area contributed by atoms with Crippen LogP contribution in [0.5, 0.6) is 11.5 Å². The van der Waals surface area contributed by atoms with Gasteiger partial charge in [0.25, 0.3) is 0 Å². The molecule has 1 aliphatic heterocycles. The predicted molar refractivity (Wildman–Crippen MR) is 120 cm³/mol. The minimum Gasteiger partial charge on any atom is -0.504 e. The largest absolute Gasteiger partial charge is 0.504 e. The van der Waals surface area contributed by atoms with Crippen molar-refractivity contribution >= 4 is 11.6 Å². The van der Waals surface area contributed by atoms with E-state index in [1.807, 2.05) is 48.5 Å². The van der Waals surface area contributed by atoms with Gasteiger partial charge in [0.15, 0.2) is 11.5 Å². The third kappa shape index (κ3) is 4.15. The second-order valence-corrected chi connectivity index (χ2v) is 7.94. The number of hydrogen-bond acceptors (Lipinski definition) is 5. The van der Waals surface area contributed by atoms with Gasteiger partial charge in [-0.3, -0.25) is 9.88 Å². The van der Waals surface area contributed by atoms with Gasteiger partial charge in [0, 0.05) is 42.2 Å². The molecule has 0 saturated heterocycles. The van der Waals surface area contributed by atoms with E-state index >= 15 is 0 Å². The van der Waals surface area contributed by atoms with Gasteiger partial charge >= 0.3 is 0 Å². The van der Waals surface area contributed by atoms with Crippen LogP contribution in [-0.4, -0.2) is 28.1 Å². The van der Waals surface area contributed by atoms with Crippen LogP contribution < -0.4 is 4.74 Å². The third-order valence-corrected chi connectivity index (χ3v) is 5.70. The smallest absolute Gasteiger partial charge is 0.165 e. The number of halogens is 1. The van der Waals surface area contributed by atoms with E-state index in [0.717, 1.165) is 40.3 Å². The number of benzene rings is 2. The molecule has 0 atom stereocenters. The molecule has 1 N–H and O–H groups in total. The average molecular weight is 433 g/mol. The predicted octanol–water partition coefficient (Wildman–Crippen LogP) is 5.76. The van der Waals surface area contributed by atoms with Crippen LogP contribution in [0.2, 0.25) is 5.02 Å². The molecule has 1 aliphatic rings. The number of ether oxygens (including phenoxy) is 1. The molecular formula is C25H21ClN2O3. The molecule has 6 heteroatoms. The van der Waals surface area contributed by atoms with Crippen LogP contribution in [0.3, 0.4) is 0 Å². The standard InChI is InChI=1S/C25H21ClN2O3/c26-22-6-2-1-5-21(22)24-8-7-20(31-24)16-28-10-11-30-25-19(15-28)12-18(13-23(25)29)17-4-3-9-27-14-17/h1-9,12-14,29H,10-11,15-16H2. The summed E-state index contributed by atoms with van der Waals surface area (Å²) in [6.07, 6.45) is 3.52. The first kappa shape index (κ1) is 19.7. The lowest BCUT2D eigenvalue weighted by atomic mass is 10.0. The first-order valence-electron chi connectivity index (χ1n) is 10.1. The minimum atomic E-state index is 0.150. The molecule has 2 aromatic carbocycles. The Kier molecular flexibility index (Phi) is 5.37. The molecule has 2 aromatic heterocycles. The van der Waals surface area contributed by atoms with Crippen molar-refractivity contribution in [3.05, 3.63) is 89.4 Å². The lowest BCUT2D eigenvalue weighted by Gasteiger charge is -2.18. The minimum absolute atomic E-state index is 0.150. The quantitative estimate of drug-likeness (QED) is 0.444. The molecule has 0 aliphatic carbocycles. The van der Waals surface area contributed by atoms with Crippen LogP contribution in [-0.2, 0) is 13.1 Å². The molecule has 3 heterocycles. The van der Waals surface area contributed by atoms with E-state index in [2.05, 4.69) is 16.0 Å². The van der Waals surface area contributed by atoms with Crippen molar-refractivity contribution in [3.63, 3.8) is 0 Å². The van der Waals surface area contributed by atoms with Crippen LogP contribution in [0.4, 0.5) is 0 Å². The van der Waals surface area contributed by atoms with E-state index in [1.54, 1.807) is 18.5 Å². The number of furan rings is 1. The summed E-state index contributed by atoms with van der Waals surface area (Å²) in [4.78, 5) is 6.42. The molecule has 0 unspecified atom stereocenters. The normalized spacial score (nSPS) is 14.0. The van der Waals surface area contributed by atoms with Crippen molar-refractivity contribution in [3.8, 4) is 33.9 Å². The summed E-state index contributed by atoms with van der Waals surface area (Å²) in [5.74, 6) is 2.30. The highest BCUT2D eigenvalue weighted by Gasteiger charge is 2.21. The second-order valence-electron chi connectivity index (χ2n) is 7.53. The maximum atomic E-state index is 10.6. The van der Waals surface area contributed by atoms with Crippen molar-refractivity contribution in [1.29, 1.82) is 0 Å². The zero-order valence-corrected chi connectivity index (χ0v) is 17.5. The average Bonchev–Trinajstić information content (AvgIpc) is 3.14. The summed E-state index contributed by atoms with van der Waals surface area (Å²) >= 11 is 6.30.